The molecule has 5 heteroatoms. The van der Waals surface area contributed by atoms with Crippen molar-refractivity contribution in [2.45, 2.75) is 20.8 Å². The number of hydrogen-bond donors (Lipinski definition) is 1. The monoisotopic (exact) mass is 208 g/mol. The third-order valence-corrected chi connectivity index (χ3v) is 3.91. The standard InChI is InChI=1S/C8H20N2O2S/c1-4-9-7-8-13(11,12)10(5-2)6-3/h9H,4-8H2,1-3H3. The minimum absolute atomic E-state index is 0.197. The van der Waals surface area contributed by atoms with Gasteiger partial charge in [0.25, 0.3) is 0 Å². The van der Waals surface area contributed by atoms with E-state index in [9.17, 15) is 8.42 Å². The Hall–Kier alpha value is -0.130. The van der Waals surface area contributed by atoms with Crippen LogP contribution in [-0.4, -0.2) is 44.7 Å². The Balaban J connectivity index is 4.05. The zero-order valence-electron chi connectivity index (χ0n) is 8.71. The van der Waals surface area contributed by atoms with Crippen LogP contribution in [0.2, 0.25) is 0 Å². The van der Waals surface area contributed by atoms with Gasteiger partial charge in [0.2, 0.25) is 10.0 Å². The summed E-state index contributed by atoms with van der Waals surface area (Å²) >= 11 is 0. The van der Waals surface area contributed by atoms with E-state index in [0.29, 0.717) is 19.6 Å². The number of hydrogen-bond acceptors (Lipinski definition) is 3. The van der Waals surface area contributed by atoms with E-state index in [-0.39, 0.29) is 5.75 Å². The van der Waals surface area contributed by atoms with Crippen molar-refractivity contribution in [3.63, 3.8) is 0 Å². The predicted octanol–water partition coefficient (Wildman–Crippen LogP) is 0.268. The Labute approximate surface area is 81.4 Å². The maximum absolute atomic E-state index is 11.6. The summed E-state index contributed by atoms with van der Waals surface area (Å²) in [5.74, 6) is 0.197. The summed E-state index contributed by atoms with van der Waals surface area (Å²) in [7, 11) is -3.02. The second kappa shape index (κ2) is 6.34. The third-order valence-electron chi connectivity index (χ3n) is 1.89. The van der Waals surface area contributed by atoms with Gasteiger partial charge in [-0.15, -0.1) is 0 Å². The van der Waals surface area contributed by atoms with Gasteiger partial charge in [-0.25, -0.2) is 12.7 Å². The van der Waals surface area contributed by atoms with Gasteiger partial charge in [0, 0.05) is 19.6 Å². The zero-order valence-corrected chi connectivity index (χ0v) is 9.52. The Morgan fingerprint density at radius 2 is 1.69 bits per heavy atom. The third kappa shape index (κ3) is 4.59. The highest BCUT2D eigenvalue weighted by atomic mass is 32.2. The molecule has 0 aromatic rings. The van der Waals surface area contributed by atoms with Gasteiger partial charge in [0.15, 0.2) is 0 Å². The van der Waals surface area contributed by atoms with Gasteiger partial charge in [-0.3, -0.25) is 0 Å². The number of sulfonamides is 1. The molecule has 0 heterocycles. The molecule has 0 saturated heterocycles. The van der Waals surface area contributed by atoms with Crippen LogP contribution in [0.4, 0.5) is 0 Å². The van der Waals surface area contributed by atoms with Crippen LogP contribution in [0, 0.1) is 0 Å². The average Bonchev–Trinajstić information content (AvgIpc) is 2.06. The largest absolute Gasteiger partial charge is 0.316 e. The smallest absolute Gasteiger partial charge is 0.215 e. The van der Waals surface area contributed by atoms with Crippen LogP contribution in [0.3, 0.4) is 0 Å². The van der Waals surface area contributed by atoms with Crippen molar-refractivity contribution in [3.8, 4) is 0 Å². The molecule has 0 aliphatic heterocycles. The van der Waals surface area contributed by atoms with Crippen molar-refractivity contribution in [1.82, 2.24) is 9.62 Å². The average molecular weight is 208 g/mol. The van der Waals surface area contributed by atoms with Crippen molar-refractivity contribution in [2.75, 3.05) is 31.9 Å². The van der Waals surface area contributed by atoms with E-state index in [4.69, 9.17) is 0 Å². The van der Waals surface area contributed by atoms with Gasteiger partial charge in [0.05, 0.1) is 5.75 Å². The normalized spacial score (nSPS) is 12.3. The van der Waals surface area contributed by atoms with E-state index < -0.39 is 10.0 Å². The fourth-order valence-corrected chi connectivity index (χ4v) is 2.57. The lowest BCUT2D eigenvalue weighted by molar-refractivity contribution is 0.444. The summed E-state index contributed by atoms with van der Waals surface area (Å²) in [6.45, 7) is 8.14. The van der Waals surface area contributed by atoms with Crippen molar-refractivity contribution < 1.29 is 8.42 Å². The highest BCUT2D eigenvalue weighted by Gasteiger charge is 2.17. The zero-order chi connectivity index (χ0) is 10.3. The second-order valence-electron chi connectivity index (χ2n) is 2.75. The van der Waals surface area contributed by atoms with Crippen LogP contribution < -0.4 is 5.32 Å². The van der Waals surface area contributed by atoms with Crippen LogP contribution in [0.15, 0.2) is 0 Å². The molecule has 0 bridgehead atoms. The maximum Gasteiger partial charge on any atom is 0.215 e. The summed E-state index contributed by atoms with van der Waals surface area (Å²) in [4.78, 5) is 0. The SMILES string of the molecule is CCNCCS(=O)(=O)N(CC)CC. The first-order chi connectivity index (χ1) is 6.08. The van der Waals surface area contributed by atoms with E-state index in [1.54, 1.807) is 0 Å². The van der Waals surface area contributed by atoms with E-state index in [1.165, 1.54) is 4.31 Å². The number of nitrogens with one attached hydrogen (secondary N) is 1. The van der Waals surface area contributed by atoms with Gasteiger partial charge >= 0.3 is 0 Å². The molecule has 0 aliphatic rings. The lowest BCUT2D eigenvalue weighted by Crippen LogP contribution is -2.36. The molecule has 0 unspecified atom stereocenters. The lowest BCUT2D eigenvalue weighted by atomic mass is 10.7. The molecule has 0 aromatic carbocycles. The number of rotatable bonds is 7. The Morgan fingerprint density at radius 1 is 1.15 bits per heavy atom. The molecule has 0 aliphatic carbocycles. The van der Waals surface area contributed by atoms with Crippen LogP contribution >= 0.6 is 0 Å². The fraction of sp³-hybridized carbons (Fsp3) is 1.00. The van der Waals surface area contributed by atoms with Crippen LogP contribution in [-0.2, 0) is 10.0 Å². The number of nitrogens with zero attached hydrogens (tertiary/aromatic N) is 1. The maximum atomic E-state index is 11.6. The summed E-state index contributed by atoms with van der Waals surface area (Å²) < 4.78 is 24.6. The molecular formula is C8H20N2O2S. The summed E-state index contributed by atoms with van der Waals surface area (Å²) in [6.07, 6.45) is 0. The van der Waals surface area contributed by atoms with Gasteiger partial charge in [-0.05, 0) is 6.54 Å². The molecule has 1 N–H and O–H groups in total. The molecule has 0 aromatic heterocycles. The minimum atomic E-state index is -3.02. The van der Waals surface area contributed by atoms with Crippen LogP contribution in [0.1, 0.15) is 20.8 Å². The molecule has 0 saturated carbocycles. The fourth-order valence-electron chi connectivity index (χ4n) is 1.12. The Bertz CT molecular complexity index is 210. The van der Waals surface area contributed by atoms with Gasteiger partial charge in [-0.2, -0.15) is 0 Å². The first-order valence-electron chi connectivity index (χ1n) is 4.77. The van der Waals surface area contributed by atoms with Gasteiger partial charge in [-0.1, -0.05) is 20.8 Å². The van der Waals surface area contributed by atoms with Crippen LogP contribution in [0.5, 0.6) is 0 Å². The molecule has 4 nitrogen and oxygen atoms in total. The lowest BCUT2D eigenvalue weighted by Gasteiger charge is -2.18. The first-order valence-corrected chi connectivity index (χ1v) is 6.37. The molecule has 0 atom stereocenters. The minimum Gasteiger partial charge on any atom is -0.316 e. The van der Waals surface area contributed by atoms with Crippen molar-refractivity contribution in [1.29, 1.82) is 0 Å². The predicted molar refractivity (Wildman–Crippen MR) is 55.3 cm³/mol. The van der Waals surface area contributed by atoms with Crippen molar-refractivity contribution in [3.05, 3.63) is 0 Å². The van der Waals surface area contributed by atoms with E-state index in [1.807, 2.05) is 20.8 Å². The molecular weight excluding hydrogens is 188 g/mol. The molecule has 80 valence electrons. The summed E-state index contributed by atoms with van der Waals surface area (Å²) in [5.41, 5.74) is 0. The Morgan fingerprint density at radius 3 is 2.08 bits per heavy atom. The van der Waals surface area contributed by atoms with Gasteiger partial charge in [0.1, 0.15) is 0 Å². The first kappa shape index (κ1) is 12.9. The van der Waals surface area contributed by atoms with Crippen LogP contribution in [0.25, 0.3) is 0 Å². The topological polar surface area (TPSA) is 49.4 Å². The summed E-state index contributed by atoms with van der Waals surface area (Å²) in [6, 6.07) is 0. The second-order valence-corrected chi connectivity index (χ2v) is 4.84. The van der Waals surface area contributed by atoms with Crippen molar-refractivity contribution >= 4 is 10.0 Å². The molecule has 0 spiro atoms. The highest BCUT2D eigenvalue weighted by Crippen LogP contribution is 1.99. The summed E-state index contributed by atoms with van der Waals surface area (Å²) in [5, 5.41) is 3.00. The van der Waals surface area contributed by atoms with E-state index >= 15 is 0 Å². The molecule has 0 rings (SSSR count). The molecule has 0 fully saturated rings. The quantitative estimate of drug-likeness (QED) is 0.611. The molecule has 0 radical (unpaired) electrons. The van der Waals surface area contributed by atoms with Gasteiger partial charge < -0.3 is 5.32 Å². The van der Waals surface area contributed by atoms with E-state index in [2.05, 4.69) is 5.32 Å². The molecule has 13 heavy (non-hydrogen) atoms. The highest BCUT2D eigenvalue weighted by molar-refractivity contribution is 7.89. The van der Waals surface area contributed by atoms with Crippen molar-refractivity contribution in [2.24, 2.45) is 0 Å². The Kier molecular flexibility index (Phi) is 6.28. The molecule has 0 amide bonds. The van der Waals surface area contributed by atoms with E-state index in [0.717, 1.165) is 6.54 Å².